The van der Waals surface area contributed by atoms with Crippen molar-refractivity contribution in [3.05, 3.63) is 231 Å². The molecule has 1 aliphatic rings. The van der Waals surface area contributed by atoms with E-state index >= 15 is 0 Å². The van der Waals surface area contributed by atoms with E-state index in [0.717, 1.165) is 39.5 Å². The van der Waals surface area contributed by atoms with Crippen LogP contribution in [0.4, 0.5) is 17.1 Å². The van der Waals surface area contributed by atoms with Gasteiger partial charge in [0, 0.05) is 34.1 Å². The molecule has 0 unspecified atom stereocenters. The van der Waals surface area contributed by atoms with Crippen LogP contribution in [-0.2, 0) is 0 Å². The van der Waals surface area contributed by atoms with Gasteiger partial charge in [0.1, 0.15) is 11.5 Å². The van der Waals surface area contributed by atoms with E-state index in [4.69, 9.17) is 4.74 Å². The van der Waals surface area contributed by atoms with Crippen molar-refractivity contribution < 1.29 is 4.74 Å². The highest BCUT2D eigenvalue weighted by Crippen LogP contribution is 2.52. The molecule has 0 aliphatic carbocycles. The van der Waals surface area contributed by atoms with Crippen LogP contribution in [0, 0.1) is 0 Å². The van der Waals surface area contributed by atoms with Crippen LogP contribution < -0.4 is 26.0 Å². The van der Waals surface area contributed by atoms with Crippen LogP contribution in [0.15, 0.2) is 231 Å². The molecule has 0 atom stereocenters. The van der Waals surface area contributed by atoms with Gasteiger partial charge in [0.15, 0.2) is 0 Å². The largest absolute Gasteiger partial charge is 0.456 e. The van der Waals surface area contributed by atoms with Gasteiger partial charge in [-0.1, -0.05) is 186 Å². The second-order valence-electron chi connectivity index (χ2n) is 16.0. The van der Waals surface area contributed by atoms with Crippen LogP contribution in [-0.4, -0.2) is 6.71 Å². The molecule has 0 spiro atoms. The molecule has 0 saturated heterocycles. The number of hydrogen-bond acceptors (Lipinski definition) is 2. The molecule has 284 valence electrons. The molecule has 0 fully saturated rings. The number of rotatable bonds is 7. The van der Waals surface area contributed by atoms with Gasteiger partial charge in [-0.2, -0.15) is 0 Å². The average molecular weight is 776 g/mol. The van der Waals surface area contributed by atoms with Gasteiger partial charge >= 0.3 is 0 Å². The first-order chi connectivity index (χ1) is 30.3. The van der Waals surface area contributed by atoms with E-state index < -0.39 is 0 Å². The predicted molar refractivity (Wildman–Crippen MR) is 260 cm³/mol. The Morgan fingerprint density at radius 3 is 1.52 bits per heavy atom. The molecule has 61 heavy (non-hydrogen) atoms. The van der Waals surface area contributed by atoms with Gasteiger partial charge in [-0.05, 0) is 109 Å². The van der Waals surface area contributed by atoms with Crippen LogP contribution in [0.5, 0.6) is 11.5 Å². The molecule has 3 heteroatoms. The van der Waals surface area contributed by atoms with E-state index in [-0.39, 0.29) is 6.71 Å². The van der Waals surface area contributed by atoms with Crippen molar-refractivity contribution in [2.75, 3.05) is 4.90 Å². The summed E-state index contributed by atoms with van der Waals surface area (Å²) in [7, 11) is 0. The molecule has 0 aromatic heterocycles. The summed E-state index contributed by atoms with van der Waals surface area (Å²) in [6.07, 6.45) is 0. The van der Waals surface area contributed by atoms with Crippen molar-refractivity contribution in [2.45, 2.75) is 0 Å². The molecule has 0 N–H and O–H groups in total. The topological polar surface area (TPSA) is 12.5 Å². The summed E-state index contributed by atoms with van der Waals surface area (Å²) in [6, 6.07) is 83.5. The molecular weight excluding hydrogens is 737 g/mol. The second-order valence-corrected chi connectivity index (χ2v) is 16.0. The Morgan fingerprint density at radius 1 is 0.295 bits per heavy atom. The summed E-state index contributed by atoms with van der Waals surface area (Å²) in [4.78, 5) is 2.29. The molecule has 1 heterocycles. The zero-order chi connectivity index (χ0) is 40.3. The Labute approximate surface area is 355 Å². The highest BCUT2D eigenvalue weighted by molar-refractivity contribution is 6.96. The fraction of sp³-hybridized carbons (Fsp3) is 0. The van der Waals surface area contributed by atoms with Crippen LogP contribution >= 0.6 is 0 Å². The summed E-state index contributed by atoms with van der Waals surface area (Å²) in [5.41, 5.74) is 11.8. The quantitative estimate of drug-likeness (QED) is 0.118. The Balaban J connectivity index is 1.05. The SMILES string of the molecule is c1ccc(B(c2ccccc2)c2cccc3c(-c4cc5c6cccc7c6c(cc5c5ccccc45)-c4ccc(N(c5ccccc5)c5ccccc5)cc4O7)cccc23)cc1. The molecular formula is C58H38BNO. The average Bonchev–Trinajstić information content (AvgIpc) is 3.33. The lowest BCUT2D eigenvalue weighted by Gasteiger charge is -2.28. The van der Waals surface area contributed by atoms with Crippen LogP contribution in [0.25, 0.3) is 65.3 Å². The van der Waals surface area contributed by atoms with Crippen molar-refractivity contribution in [3.8, 4) is 33.8 Å². The Morgan fingerprint density at radius 2 is 0.820 bits per heavy atom. The van der Waals surface area contributed by atoms with Crippen molar-refractivity contribution in [1.29, 1.82) is 0 Å². The Bertz CT molecular complexity index is 3360. The first kappa shape index (κ1) is 35.1. The molecule has 0 amide bonds. The van der Waals surface area contributed by atoms with Crippen LogP contribution in [0.1, 0.15) is 0 Å². The maximum absolute atomic E-state index is 6.90. The maximum Gasteiger partial charge on any atom is 0.241 e. The van der Waals surface area contributed by atoms with Gasteiger partial charge < -0.3 is 9.64 Å². The van der Waals surface area contributed by atoms with Gasteiger partial charge in [0.2, 0.25) is 6.71 Å². The number of hydrogen-bond donors (Lipinski definition) is 0. The Hall–Kier alpha value is -7.88. The first-order valence-electron chi connectivity index (χ1n) is 21.0. The molecule has 0 radical (unpaired) electrons. The van der Waals surface area contributed by atoms with Crippen molar-refractivity contribution in [2.24, 2.45) is 0 Å². The lowest BCUT2D eigenvalue weighted by Crippen LogP contribution is -2.52. The van der Waals surface area contributed by atoms with Gasteiger partial charge in [-0.25, -0.2) is 0 Å². The summed E-state index contributed by atoms with van der Waals surface area (Å²) in [5.74, 6) is 1.73. The second kappa shape index (κ2) is 14.4. The lowest BCUT2D eigenvalue weighted by molar-refractivity contribution is 0.487. The van der Waals surface area contributed by atoms with Gasteiger partial charge in [-0.15, -0.1) is 0 Å². The lowest BCUT2D eigenvalue weighted by atomic mass is 9.36. The molecule has 12 rings (SSSR count). The van der Waals surface area contributed by atoms with Crippen molar-refractivity contribution >= 4 is 83.3 Å². The third kappa shape index (κ3) is 5.81. The van der Waals surface area contributed by atoms with Crippen molar-refractivity contribution in [3.63, 3.8) is 0 Å². The predicted octanol–water partition coefficient (Wildman–Crippen LogP) is 13.7. The standard InChI is InChI=1S/C58H38BNO/c1-5-18-39(19-6-1)59(40-20-7-2-8-21-40)55-32-16-29-44-47(28-15-30-48(44)55)51-37-53-50-31-17-33-56-58(50)54(38-52(53)46-27-14-13-26-45(46)51)49-35-34-43(36-57(49)61-56)60(41-22-9-3-10-23-41)42-24-11-4-12-25-42/h1-38H. The van der Waals surface area contributed by atoms with Gasteiger partial charge in [-0.3, -0.25) is 0 Å². The zero-order valence-electron chi connectivity index (χ0n) is 33.4. The number of nitrogens with zero attached hydrogens (tertiary/aromatic N) is 1. The summed E-state index contributed by atoms with van der Waals surface area (Å²) in [6.45, 7) is 0.0970. The van der Waals surface area contributed by atoms with Crippen LogP contribution in [0.3, 0.4) is 0 Å². The minimum Gasteiger partial charge on any atom is -0.456 e. The fourth-order valence-electron chi connectivity index (χ4n) is 9.89. The zero-order valence-corrected chi connectivity index (χ0v) is 33.4. The molecule has 1 aliphatic heterocycles. The molecule has 11 aromatic rings. The van der Waals surface area contributed by atoms with E-state index in [1.165, 1.54) is 70.8 Å². The maximum atomic E-state index is 6.90. The molecule has 0 saturated carbocycles. The summed E-state index contributed by atoms with van der Waals surface area (Å²) >= 11 is 0. The van der Waals surface area contributed by atoms with E-state index in [1.807, 2.05) is 0 Å². The monoisotopic (exact) mass is 775 g/mol. The number of anilines is 3. The molecule has 11 aromatic carbocycles. The van der Waals surface area contributed by atoms with E-state index in [0.29, 0.717) is 0 Å². The number of fused-ring (bicyclic) bond motifs is 7. The van der Waals surface area contributed by atoms with Gasteiger partial charge in [0.05, 0.1) is 0 Å². The normalized spacial score (nSPS) is 11.7. The van der Waals surface area contributed by atoms with Crippen molar-refractivity contribution in [1.82, 2.24) is 0 Å². The third-order valence-corrected chi connectivity index (χ3v) is 12.5. The van der Waals surface area contributed by atoms with Gasteiger partial charge in [0.25, 0.3) is 0 Å². The van der Waals surface area contributed by atoms with E-state index in [2.05, 4.69) is 235 Å². The van der Waals surface area contributed by atoms with E-state index in [1.54, 1.807) is 0 Å². The highest BCUT2D eigenvalue weighted by Gasteiger charge is 2.27. The molecule has 2 nitrogen and oxygen atoms in total. The number of para-hydroxylation sites is 2. The Kier molecular flexibility index (Phi) is 8.31. The first-order valence-corrected chi connectivity index (χ1v) is 21.0. The summed E-state index contributed by atoms with van der Waals surface area (Å²) in [5, 5.41) is 9.78. The number of benzene rings is 11. The minimum absolute atomic E-state index is 0.0970. The smallest absolute Gasteiger partial charge is 0.241 e. The molecule has 0 bridgehead atoms. The third-order valence-electron chi connectivity index (χ3n) is 12.5. The van der Waals surface area contributed by atoms with E-state index in [9.17, 15) is 0 Å². The number of ether oxygens (including phenoxy) is 1. The minimum atomic E-state index is 0.0970. The highest BCUT2D eigenvalue weighted by atomic mass is 16.5. The summed E-state index contributed by atoms with van der Waals surface area (Å²) < 4.78 is 6.90. The van der Waals surface area contributed by atoms with Crippen LogP contribution in [0.2, 0.25) is 0 Å². The fourth-order valence-corrected chi connectivity index (χ4v) is 9.89.